The second-order valence-electron chi connectivity index (χ2n) is 3.22. The topological polar surface area (TPSA) is 33.2 Å². The molecule has 1 aromatic rings. The van der Waals surface area contributed by atoms with Crippen LogP contribution in [0.25, 0.3) is 0 Å². The highest BCUT2D eigenvalue weighted by Crippen LogP contribution is 2.29. The van der Waals surface area contributed by atoms with Gasteiger partial charge in [0.1, 0.15) is 4.88 Å². The smallest absolute Gasteiger partial charge is 0.187 e. The number of thiazole rings is 1. The fourth-order valence-corrected chi connectivity index (χ4v) is 3.45. The van der Waals surface area contributed by atoms with Crippen LogP contribution in [0.5, 0.6) is 0 Å². The van der Waals surface area contributed by atoms with Gasteiger partial charge in [0.25, 0.3) is 0 Å². The summed E-state index contributed by atoms with van der Waals surface area (Å²) in [6.45, 7) is 2.00. The normalized spacial score (nSPS) is 17.5. The zero-order chi connectivity index (χ0) is 10.7. The number of rotatable bonds is 2. The third kappa shape index (κ3) is 2.65. The largest absolute Gasteiger partial charge is 0.347 e. The van der Waals surface area contributed by atoms with Gasteiger partial charge in [-0.1, -0.05) is 22.9 Å². The first-order valence-corrected chi connectivity index (χ1v) is 7.10. The predicted octanol–water partition coefficient (Wildman–Crippen LogP) is 2.55. The molecule has 1 aliphatic rings. The van der Waals surface area contributed by atoms with Gasteiger partial charge in [-0.2, -0.15) is 11.8 Å². The molecule has 1 fully saturated rings. The Hall–Kier alpha value is -0.260. The highest BCUT2D eigenvalue weighted by molar-refractivity contribution is 7.99. The number of anilines is 1. The van der Waals surface area contributed by atoms with E-state index in [0.717, 1.165) is 36.7 Å². The maximum absolute atomic E-state index is 10.7. The molecule has 1 aliphatic heterocycles. The average Bonchev–Trinajstić information content (AvgIpc) is 2.48. The summed E-state index contributed by atoms with van der Waals surface area (Å²) in [5, 5.41) is 1.21. The molecule has 0 amide bonds. The van der Waals surface area contributed by atoms with Crippen LogP contribution in [0.1, 0.15) is 16.1 Å². The molecule has 0 saturated carbocycles. The number of nitrogens with zero attached hydrogens (tertiary/aromatic N) is 2. The molecule has 0 aliphatic carbocycles. The zero-order valence-electron chi connectivity index (χ0n) is 8.11. The van der Waals surface area contributed by atoms with Crippen LogP contribution < -0.4 is 4.90 Å². The minimum absolute atomic E-state index is 0.335. The van der Waals surface area contributed by atoms with Crippen LogP contribution in [-0.4, -0.2) is 35.9 Å². The maximum Gasteiger partial charge on any atom is 0.187 e. The second-order valence-corrected chi connectivity index (χ2v) is 5.81. The zero-order valence-corrected chi connectivity index (χ0v) is 10.5. The third-order valence-electron chi connectivity index (χ3n) is 2.20. The summed E-state index contributed by atoms with van der Waals surface area (Å²) < 4.78 is 0. The highest BCUT2D eigenvalue weighted by Gasteiger charge is 2.16. The first-order chi connectivity index (χ1) is 7.31. The average molecular weight is 263 g/mol. The Kier molecular flexibility index (Phi) is 3.88. The van der Waals surface area contributed by atoms with Gasteiger partial charge in [-0.25, -0.2) is 4.98 Å². The van der Waals surface area contributed by atoms with Crippen LogP contribution in [0.2, 0.25) is 5.15 Å². The summed E-state index contributed by atoms with van der Waals surface area (Å²) in [5.41, 5.74) is 0. The molecule has 0 bridgehead atoms. The molecule has 82 valence electrons. The van der Waals surface area contributed by atoms with E-state index in [4.69, 9.17) is 11.6 Å². The highest BCUT2D eigenvalue weighted by atomic mass is 35.5. The van der Waals surface area contributed by atoms with Gasteiger partial charge in [0, 0.05) is 18.8 Å². The molecule has 1 aromatic heterocycles. The number of aldehydes is 1. The van der Waals surface area contributed by atoms with E-state index in [-0.39, 0.29) is 0 Å². The first kappa shape index (κ1) is 11.2. The monoisotopic (exact) mass is 262 g/mol. The number of carbonyl (C=O) groups excluding carboxylic acids is 1. The molecule has 0 atom stereocenters. The fourth-order valence-electron chi connectivity index (χ4n) is 1.45. The summed E-state index contributed by atoms with van der Waals surface area (Å²) in [7, 11) is 0. The van der Waals surface area contributed by atoms with Crippen LogP contribution in [0.15, 0.2) is 0 Å². The van der Waals surface area contributed by atoms with Crippen LogP contribution in [-0.2, 0) is 0 Å². The molecule has 2 heterocycles. The molecule has 0 unspecified atom stereocenters. The van der Waals surface area contributed by atoms with E-state index in [9.17, 15) is 4.79 Å². The Morgan fingerprint density at radius 2 is 2.27 bits per heavy atom. The molecule has 2 rings (SSSR count). The van der Waals surface area contributed by atoms with Crippen LogP contribution in [0.4, 0.5) is 5.13 Å². The van der Waals surface area contributed by atoms with Crippen molar-refractivity contribution in [3.8, 4) is 0 Å². The van der Waals surface area contributed by atoms with Gasteiger partial charge in [-0.15, -0.1) is 0 Å². The van der Waals surface area contributed by atoms with E-state index in [1.807, 2.05) is 11.8 Å². The van der Waals surface area contributed by atoms with Gasteiger partial charge in [0.2, 0.25) is 0 Å². The van der Waals surface area contributed by atoms with Crippen molar-refractivity contribution in [1.82, 2.24) is 4.98 Å². The summed E-state index contributed by atoms with van der Waals surface area (Å²) >= 11 is 9.19. The van der Waals surface area contributed by atoms with Gasteiger partial charge >= 0.3 is 0 Å². The van der Waals surface area contributed by atoms with E-state index < -0.39 is 0 Å². The van der Waals surface area contributed by atoms with Crippen molar-refractivity contribution in [3.63, 3.8) is 0 Å². The lowest BCUT2D eigenvalue weighted by molar-refractivity contribution is 0.112. The van der Waals surface area contributed by atoms with Gasteiger partial charge in [0.15, 0.2) is 16.6 Å². The lowest BCUT2D eigenvalue weighted by atomic mass is 10.4. The summed E-state index contributed by atoms with van der Waals surface area (Å²) in [6, 6.07) is 0. The lowest BCUT2D eigenvalue weighted by Crippen LogP contribution is -2.25. The van der Waals surface area contributed by atoms with Crippen molar-refractivity contribution in [1.29, 1.82) is 0 Å². The Morgan fingerprint density at radius 3 is 3.00 bits per heavy atom. The molecule has 6 heteroatoms. The number of carbonyl (C=O) groups is 1. The number of halogens is 1. The summed E-state index contributed by atoms with van der Waals surface area (Å²) in [4.78, 5) is 17.6. The van der Waals surface area contributed by atoms with E-state index in [1.165, 1.54) is 17.1 Å². The Balaban J connectivity index is 2.16. The first-order valence-electron chi connectivity index (χ1n) is 4.75. The van der Waals surface area contributed by atoms with E-state index >= 15 is 0 Å². The van der Waals surface area contributed by atoms with Gasteiger partial charge in [-0.05, 0) is 12.2 Å². The predicted molar refractivity (Wildman–Crippen MR) is 66.7 cm³/mol. The minimum Gasteiger partial charge on any atom is -0.347 e. The van der Waals surface area contributed by atoms with Crippen LogP contribution in [0, 0.1) is 0 Å². The van der Waals surface area contributed by atoms with Gasteiger partial charge in [0.05, 0.1) is 0 Å². The molecule has 0 aromatic carbocycles. The van der Waals surface area contributed by atoms with Crippen molar-refractivity contribution >= 4 is 46.1 Å². The molecule has 0 N–H and O–H groups in total. The maximum atomic E-state index is 10.7. The molecular formula is C9H11ClN2OS2. The van der Waals surface area contributed by atoms with Crippen molar-refractivity contribution in [2.75, 3.05) is 29.5 Å². The second kappa shape index (κ2) is 5.18. The molecule has 1 saturated heterocycles. The molecule has 3 nitrogen and oxygen atoms in total. The lowest BCUT2D eigenvalue weighted by Gasteiger charge is -2.17. The number of thioether (sulfide) groups is 1. The van der Waals surface area contributed by atoms with E-state index in [0.29, 0.717) is 10.0 Å². The van der Waals surface area contributed by atoms with Crippen LogP contribution in [0.3, 0.4) is 0 Å². The Labute approximate surface area is 102 Å². The number of aromatic nitrogens is 1. The molecule has 0 spiro atoms. The third-order valence-corrected chi connectivity index (χ3v) is 4.69. The fraction of sp³-hybridized carbons (Fsp3) is 0.556. The SMILES string of the molecule is O=Cc1sc(N2CCCSCC2)nc1Cl. The molecule has 0 radical (unpaired) electrons. The van der Waals surface area contributed by atoms with Crippen molar-refractivity contribution in [3.05, 3.63) is 10.0 Å². The Bertz CT molecular complexity index is 348. The Morgan fingerprint density at radius 1 is 1.40 bits per heavy atom. The summed E-state index contributed by atoms with van der Waals surface area (Å²) in [6.07, 6.45) is 1.94. The number of hydrogen-bond acceptors (Lipinski definition) is 5. The van der Waals surface area contributed by atoms with Crippen molar-refractivity contribution < 1.29 is 4.79 Å². The van der Waals surface area contributed by atoms with Crippen LogP contribution >= 0.6 is 34.7 Å². The van der Waals surface area contributed by atoms with E-state index in [2.05, 4.69) is 9.88 Å². The van der Waals surface area contributed by atoms with E-state index in [1.54, 1.807) is 0 Å². The molecule has 15 heavy (non-hydrogen) atoms. The summed E-state index contributed by atoms with van der Waals surface area (Å²) in [5.74, 6) is 2.32. The van der Waals surface area contributed by atoms with Crippen molar-refractivity contribution in [2.45, 2.75) is 6.42 Å². The minimum atomic E-state index is 0.335. The molecular weight excluding hydrogens is 252 g/mol. The standard InChI is InChI=1S/C9H11ClN2OS2/c10-8-7(6-13)15-9(11-8)12-2-1-4-14-5-3-12/h6H,1-5H2. The van der Waals surface area contributed by atoms with Gasteiger partial charge in [-0.3, -0.25) is 4.79 Å². The van der Waals surface area contributed by atoms with Gasteiger partial charge < -0.3 is 4.90 Å². The quantitative estimate of drug-likeness (QED) is 0.767. The number of hydrogen-bond donors (Lipinski definition) is 0. The van der Waals surface area contributed by atoms with Crippen molar-refractivity contribution in [2.24, 2.45) is 0 Å².